The molecule has 0 aromatic carbocycles. The number of hydrogen-bond acceptors (Lipinski definition) is 4. The molecule has 1 aromatic rings. The minimum atomic E-state index is -3.43. The molecule has 4 nitrogen and oxygen atoms in total. The lowest BCUT2D eigenvalue weighted by Gasteiger charge is -2.18. The predicted molar refractivity (Wildman–Crippen MR) is 76.2 cm³/mol. The van der Waals surface area contributed by atoms with Crippen LogP contribution in [0.2, 0.25) is 0 Å². The fourth-order valence-electron chi connectivity index (χ4n) is 1.62. The van der Waals surface area contributed by atoms with Gasteiger partial charge in [0.25, 0.3) is 0 Å². The lowest BCUT2D eigenvalue weighted by atomic mass is 9.93. The molecule has 1 rings (SSSR count). The van der Waals surface area contributed by atoms with Gasteiger partial charge in [-0.05, 0) is 29.7 Å². The molecular weight excluding hydrogens is 268 g/mol. The number of hydrogen-bond donors (Lipinski definition) is 2. The maximum Gasteiger partial charge on any atom is 0.241 e. The van der Waals surface area contributed by atoms with Crippen LogP contribution in [0.15, 0.2) is 10.3 Å². The van der Waals surface area contributed by atoms with Crippen molar-refractivity contribution in [3.05, 3.63) is 15.8 Å². The first kappa shape index (κ1) is 15.6. The van der Waals surface area contributed by atoms with Gasteiger partial charge in [-0.3, -0.25) is 0 Å². The van der Waals surface area contributed by atoms with E-state index >= 15 is 0 Å². The average molecular weight is 290 g/mol. The number of thiophene rings is 1. The first-order valence-corrected chi connectivity index (χ1v) is 8.30. The zero-order valence-electron chi connectivity index (χ0n) is 11.4. The van der Waals surface area contributed by atoms with E-state index in [1.54, 1.807) is 6.92 Å². The van der Waals surface area contributed by atoms with Crippen LogP contribution in [0.1, 0.15) is 37.6 Å². The van der Waals surface area contributed by atoms with Crippen molar-refractivity contribution in [2.24, 2.45) is 11.1 Å². The third kappa shape index (κ3) is 4.05. The molecule has 0 aliphatic rings. The normalized spacial score (nSPS) is 12.9. The van der Waals surface area contributed by atoms with Gasteiger partial charge in [0.15, 0.2) is 0 Å². The second kappa shape index (κ2) is 5.69. The Bertz CT molecular complexity index is 499. The van der Waals surface area contributed by atoms with Gasteiger partial charge in [-0.1, -0.05) is 20.8 Å². The van der Waals surface area contributed by atoms with Crippen LogP contribution in [0.5, 0.6) is 0 Å². The van der Waals surface area contributed by atoms with E-state index in [9.17, 15) is 8.42 Å². The van der Waals surface area contributed by atoms with Crippen LogP contribution >= 0.6 is 11.3 Å². The van der Waals surface area contributed by atoms with E-state index in [4.69, 9.17) is 5.73 Å². The molecule has 0 amide bonds. The molecule has 0 aliphatic heterocycles. The molecule has 0 aliphatic carbocycles. The number of aryl methyl sites for hydroxylation is 1. The summed E-state index contributed by atoms with van der Waals surface area (Å²) in [4.78, 5) is 1.08. The maximum atomic E-state index is 12.2. The van der Waals surface area contributed by atoms with E-state index in [1.165, 1.54) is 11.3 Å². The Morgan fingerprint density at radius 1 is 1.39 bits per heavy atom. The van der Waals surface area contributed by atoms with E-state index in [0.29, 0.717) is 11.4 Å². The fraction of sp³-hybridized carbons (Fsp3) is 0.667. The Morgan fingerprint density at radius 3 is 2.50 bits per heavy atom. The Kier molecular flexibility index (Phi) is 4.94. The van der Waals surface area contributed by atoms with Gasteiger partial charge in [0.2, 0.25) is 10.0 Å². The largest absolute Gasteiger partial charge is 0.326 e. The molecule has 0 unspecified atom stereocenters. The molecule has 0 fully saturated rings. The van der Waals surface area contributed by atoms with Crippen molar-refractivity contribution in [2.75, 3.05) is 6.54 Å². The van der Waals surface area contributed by atoms with Crippen molar-refractivity contribution in [2.45, 2.75) is 45.6 Å². The molecule has 6 heteroatoms. The second-order valence-electron chi connectivity index (χ2n) is 5.58. The molecule has 0 radical (unpaired) electrons. The van der Waals surface area contributed by atoms with Crippen LogP contribution in [0, 0.1) is 12.3 Å². The van der Waals surface area contributed by atoms with Crippen LogP contribution in [0.3, 0.4) is 0 Å². The van der Waals surface area contributed by atoms with Crippen LogP contribution in [-0.4, -0.2) is 15.0 Å². The molecule has 18 heavy (non-hydrogen) atoms. The van der Waals surface area contributed by atoms with E-state index in [0.717, 1.165) is 16.9 Å². The SMILES string of the molecule is Cc1csc(CN)c1S(=O)(=O)NCCC(C)(C)C. The van der Waals surface area contributed by atoms with E-state index in [2.05, 4.69) is 25.5 Å². The number of sulfonamides is 1. The Labute approximate surface area is 114 Å². The van der Waals surface area contributed by atoms with Gasteiger partial charge in [-0.2, -0.15) is 0 Å². The zero-order valence-corrected chi connectivity index (χ0v) is 13.0. The second-order valence-corrected chi connectivity index (χ2v) is 8.25. The molecule has 104 valence electrons. The maximum absolute atomic E-state index is 12.2. The summed E-state index contributed by atoms with van der Waals surface area (Å²) in [5.74, 6) is 0. The quantitative estimate of drug-likeness (QED) is 0.873. The van der Waals surface area contributed by atoms with E-state index in [-0.39, 0.29) is 12.0 Å². The van der Waals surface area contributed by atoms with Gasteiger partial charge >= 0.3 is 0 Å². The van der Waals surface area contributed by atoms with Crippen LogP contribution in [0.25, 0.3) is 0 Å². The molecule has 0 saturated carbocycles. The number of rotatable bonds is 5. The molecule has 1 heterocycles. The predicted octanol–water partition coefficient (Wildman–Crippen LogP) is 2.23. The summed E-state index contributed by atoms with van der Waals surface area (Å²) in [6.07, 6.45) is 0.799. The number of nitrogens with two attached hydrogens (primary N) is 1. The van der Waals surface area contributed by atoms with Gasteiger partial charge < -0.3 is 5.73 Å². The highest BCUT2D eigenvalue weighted by molar-refractivity contribution is 7.89. The first-order valence-electron chi connectivity index (χ1n) is 5.94. The summed E-state index contributed by atoms with van der Waals surface area (Å²) in [5.41, 5.74) is 6.46. The van der Waals surface area contributed by atoms with Crippen molar-refractivity contribution in [1.29, 1.82) is 0 Å². The van der Waals surface area contributed by atoms with E-state index < -0.39 is 10.0 Å². The van der Waals surface area contributed by atoms with Gasteiger partial charge in [0.1, 0.15) is 4.90 Å². The third-order valence-corrected chi connectivity index (χ3v) is 5.56. The summed E-state index contributed by atoms with van der Waals surface area (Å²) < 4.78 is 27.1. The lowest BCUT2D eigenvalue weighted by Crippen LogP contribution is -2.28. The Balaban J connectivity index is 2.84. The van der Waals surface area contributed by atoms with Gasteiger partial charge in [-0.25, -0.2) is 13.1 Å². The van der Waals surface area contributed by atoms with E-state index in [1.807, 2.05) is 5.38 Å². The Hall–Kier alpha value is -0.430. The monoisotopic (exact) mass is 290 g/mol. The first-order chi connectivity index (χ1) is 8.17. The minimum Gasteiger partial charge on any atom is -0.326 e. The van der Waals surface area contributed by atoms with Gasteiger partial charge in [-0.15, -0.1) is 11.3 Å². The van der Waals surface area contributed by atoms with Crippen molar-refractivity contribution >= 4 is 21.4 Å². The Morgan fingerprint density at radius 2 is 2.00 bits per heavy atom. The van der Waals surface area contributed by atoms with Crippen molar-refractivity contribution in [3.8, 4) is 0 Å². The highest BCUT2D eigenvalue weighted by Gasteiger charge is 2.22. The molecule has 0 saturated heterocycles. The average Bonchev–Trinajstić information content (AvgIpc) is 2.57. The van der Waals surface area contributed by atoms with Gasteiger partial charge in [0.05, 0.1) is 0 Å². The summed E-state index contributed by atoms with van der Waals surface area (Å²) >= 11 is 1.40. The smallest absolute Gasteiger partial charge is 0.241 e. The molecule has 0 atom stereocenters. The van der Waals surface area contributed by atoms with Crippen LogP contribution in [-0.2, 0) is 16.6 Å². The van der Waals surface area contributed by atoms with Crippen LogP contribution < -0.4 is 10.5 Å². The zero-order chi connectivity index (χ0) is 14.0. The van der Waals surface area contributed by atoms with Crippen molar-refractivity contribution in [3.63, 3.8) is 0 Å². The highest BCUT2D eigenvalue weighted by atomic mass is 32.2. The van der Waals surface area contributed by atoms with Crippen molar-refractivity contribution < 1.29 is 8.42 Å². The summed E-state index contributed by atoms with van der Waals surface area (Å²) in [6, 6.07) is 0. The number of nitrogens with one attached hydrogen (secondary N) is 1. The van der Waals surface area contributed by atoms with Gasteiger partial charge in [0, 0.05) is 18.0 Å². The van der Waals surface area contributed by atoms with Crippen molar-refractivity contribution in [1.82, 2.24) is 4.72 Å². The highest BCUT2D eigenvalue weighted by Crippen LogP contribution is 2.26. The fourth-order valence-corrected chi connectivity index (χ4v) is 4.35. The topological polar surface area (TPSA) is 72.2 Å². The van der Waals surface area contributed by atoms with Crippen LogP contribution in [0.4, 0.5) is 0 Å². The summed E-state index contributed by atoms with van der Waals surface area (Å²) in [7, 11) is -3.43. The molecule has 1 aromatic heterocycles. The summed E-state index contributed by atoms with van der Waals surface area (Å²) in [5, 5.41) is 1.83. The lowest BCUT2D eigenvalue weighted by molar-refractivity contribution is 0.378. The summed E-state index contributed by atoms with van der Waals surface area (Å²) in [6.45, 7) is 8.76. The molecular formula is C12H22N2O2S2. The molecule has 0 spiro atoms. The minimum absolute atomic E-state index is 0.114. The molecule has 3 N–H and O–H groups in total. The standard InChI is InChI=1S/C12H22N2O2S2/c1-9-8-17-10(7-13)11(9)18(15,16)14-6-5-12(2,3)4/h8,14H,5-7,13H2,1-4H3. The third-order valence-electron chi connectivity index (χ3n) is 2.61. The molecule has 0 bridgehead atoms.